The summed E-state index contributed by atoms with van der Waals surface area (Å²) < 4.78 is 19.1. The van der Waals surface area contributed by atoms with Crippen molar-refractivity contribution in [1.82, 2.24) is 10.3 Å². The van der Waals surface area contributed by atoms with E-state index in [9.17, 15) is 9.18 Å². The molecule has 24 heavy (non-hydrogen) atoms. The number of anilines is 1. The minimum Gasteiger partial charge on any atom is -0.484 e. The average molecular weight is 345 g/mol. The minimum absolute atomic E-state index is 0.104. The van der Waals surface area contributed by atoms with Gasteiger partial charge in [0.25, 0.3) is 5.91 Å². The molecule has 2 aromatic carbocycles. The van der Waals surface area contributed by atoms with Gasteiger partial charge in [-0.05, 0) is 36.4 Å². The first-order valence-corrected chi connectivity index (χ1v) is 8.27. The van der Waals surface area contributed by atoms with Gasteiger partial charge in [-0.2, -0.15) is 0 Å². The number of fused-ring (bicyclic) bond motifs is 1. The van der Waals surface area contributed by atoms with Gasteiger partial charge < -0.3 is 15.4 Å². The van der Waals surface area contributed by atoms with Crippen molar-refractivity contribution in [2.45, 2.75) is 0 Å². The summed E-state index contributed by atoms with van der Waals surface area (Å²) in [6.45, 7) is 0.927. The molecule has 0 saturated carbocycles. The van der Waals surface area contributed by atoms with E-state index in [4.69, 9.17) is 4.74 Å². The average Bonchev–Trinajstić information content (AvgIpc) is 3.01. The minimum atomic E-state index is -0.340. The number of rotatable bonds is 7. The monoisotopic (exact) mass is 345 g/mol. The molecule has 3 rings (SSSR count). The number of benzene rings is 2. The molecular formula is C17H16FN3O2S. The fourth-order valence-electron chi connectivity index (χ4n) is 2.05. The Hall–Kier alpha value is -2.67. The Balaban J connectivity index is 1.36. The van der Waals surface area contributed by atoms with Crippen LogP contribution in [0.4, 0.5) is 9.52 Å². The fraction of sp³-hybridized carbons (Fsp3) is 0.176. The van der Waals surface area contributed by atoms with Crippen LogP contribution in [0.3, 0.4) is 0 Å². The summed E-state index contributed by atoms with van der Waals surface area (Å²) in [6.07, 6.45) is 0. The first-order valence-electron chi connectivity index (χ1n) is 7.45. The highest BCUT2D eigenvalue weighted by Gasteiger charge is 2.04. The maximum absolute atomic E-state index is 12.8. The van der Waals surface area contributed by atoms with Crippen LogP contribution in [-0.2, 0) is 4.79 Å². The summed E-state index contributed by atoms with van der Waals surface area (Å²) in [5.74, 6) is -0.114. The number of carbonyl (C=O) groups excluding carboxylic acids is 1. The number of hydrogen-bond acceptors (Lipinski definition) is 5. The molecule has 1 heterocycles. The maximum Gasteiger partial charge on any atom is 0.258 e. The van der Waals surface area contributed by atoms with E-state index in [-0.39, 0.29) is 18.3 Å². The van der Waals surface area contributed by atoms with Gasteiger partial charge in [0.2, 0.25) is 0 Å². The van der Waals surface area contributed by atoms with Crippen LogP contribution in [0.15, 0.2) is 48.5 Å². The van der Waals surface area contributed by atoms with E-state index in [0.29, 0.717) is 18.8 Å². The number of halogens is 1. The van der Waals surface area contributed by atoms with E-state index in [1.165, 1.54) is 24.3 Å². The normalized spacial score (nSPS) is 10.5. The number of thiazole rings is 1. The summed E-state index contributed by atoms with van der Waals surface area (Å²) in [6, 6.07) is 13.5. The van der Waals surface area contributed by atoms with Gasteiger partial charge in [0.1, 0.15) is 11.6 Å². The van der Waals surface area contributed by atoms with E-state index in [1.807, 2.05) is 24.3 Å². The molecule has 3 aromatic rings. The second kappa shape index (κ2) is 7.74. The van der Waals surface area contributed by atoms with Crippen LogP contribution in [0, 0.1) is 5.82 Å². The molecule has 1 amide bonds. The number of para-hydroxylation sites is 1. The van der Waals surface area contributed by atoms with Gasteiger partial charge >= 0.3 is 0 Å². The van der Waals surface area contributed by atoms with Gasteiger partial charge in [0.05, 0.1) is 10.2 Å². The van der Waals surface area contributed by atoms with Gasteiger partial charge in [-0.25, -0.2) is 9.37 Å². The zero-order chi connectivity index (χ0) is 16.8. The van der Waals surface area contributed by atoms with Gasteiger partial charge in [-0.3, -0.25) is 4.79 Å². The van der Waals surface area contributed by atoms with Crippen LogP contribution >= 0.6 is 11.3 Å². The molecule has 2 N–H and O–H groups in total. The lowest BCUT2D eigenvalue weighted by Gasteiger charge is -2.07. The van der Waals surface area contributed by atoms with Crippen LogP contribution < -0.4 is 15.4 Å². The number of aromatic nitrogens is 1. The molecule has 5 nitrogen and oxygen atoms in total. The van der Waals surface area contributed by atoms with Crippen molar-refractivity contribution < 1.29 is 13.9 Å². The highest BCUT2D eigenvalue weighted by atomic mass is 32.1. The maximum atomic E-state index is 12.8. The molecule has 0 bridgehead atoms. The third-order valence-electron chi connectivity index (χ3n) is 3.20. The lowest BCUT2D eigenvalue weighted by Crippen LogP contribution is -2.32. The topological polar surface area (TPSA) is 63.2 Å². The zero-order valence-electron chi connectivity index (χ0n) is 12.8. The van der Waals surface area contributed by atoms with E-state index in [2.05, 4.69) is 15.6 Å². The van der Waals surface area contributed by atoms with Crippen LogP contribution in [-0.4, -0.2) is 30.6 Å². The molecule has 0 radical (unpaired) electrons. The summed E-state index contributed by atoms with van der Waals surface area (Å²) in [4.78, 5) is 16.1. The van der Waals surface area contributed by atoms with Crippen LogP contribution in [0.2, 0.25) is 0 Å². The van der Waals surface area contributed by atoms with Crippen molar-refractivity contribution in [3.05, 3.63) is 54.3 Å². The number of nitrogens with one attached hydrogen (secondary N) is 2. The third-order valence-corrected chi connectivity index (χ3v) is 4.19. The second-order valence-corrected chi connectivity index (χ2v) is 6.04. The third kappa shape index (κ3) is 4.42. The van der Waals surface area contributed by atoms with Gasteiger partial charge in [-0.1, -0.05) is 23.5 Å². The molecular weight excluding hydrogens is 329 g/mol. The lowest BCUT2D eigenvalue weighted by atomic mass is 10.3. The molecule has 0 aliphatic heterocycles. The van der Waals surface area contributed by atoms with Crippen LogP contribution in [0.25, 0.3) is 10.2 Å². The quantitative estimate of drug-likeness (QED) is 0.646. The van der Waals surface area contributed by atoms with E-state index < -0.39 is 0 Å². The number of amides is 1. The Morgan fingerprint density at radius 1 is 1.12 bits per heavy atom. The van der Waals surface area contributed by atoms with Gasteiger partial charge in [0.15, 0.2) is 11.7 Å². The fourth-order valence-corrected chi connectivity index (χ4v) is 2.94. The summed E-state index contributed by atoms with van der Waals surface area (Å²) >= 11 is 1.57. The highest BCUT2D eigenvalue weighted by Crippen LogP contribution is 2.24. The van der Waals surface area contributed by atoms with Gasteiger partial charge in [-0.15, -0.1) is 0 Å². The smallest absolute Gasteiger partial charge is 0.258 e. The number of nitrogens with zero attached hydrogens (tertiary/aromatic N) is 1. The first kappa shape index (κ1) is 16.2. The molecule has 124 valence electrons. The van der Waals surface area contributed by atoms with Crippen molar-refractivity contribution in [2.24, 2.45) is 0 Å². The molecule has 0 aliphatic rings. The van der Waals surface area contributed by atoms with Crippen molar-refractivity contribution in [2.75, 3.05) is 25.0 Å². The Morgan fingerprint density at radius 3 is 2.71 bits per heavy atom. The second-order valence-electron chi connectivity index (χ2n) is 5.01. The van der Waals surface area contributed by atoms with Crippen molar-refractivity contribution in [1.29, 1.82) is 0 Å². The van der Waals surface area contributed by atoms with E-state index >= 15 is 0 Å². The number of carbonyl (C=O) groups is 1. The molecule has 1 aromatic heterocycles. The highest BCUT2D eigenvalue weighted by molar-refractivity contribution is 7.22. The van der Waals surface area contributed by atoms with Crippen molar-refractivity contribution >= 4 is 32.6 Å². The Morgan fingerprint density at radius 2 is 1.92 bits per heavy atom. The van der Waals surface area contributed by atoms with Crippen molar-refractivity contribution in [3.63, 3.8) is 0 Å². The zero-order valence-corrected chi connectivity index (χ0v) is 13.6. The predicted molar refractivity (Wildman–Crippen MR) is 93.0 cm³/mol. The summed E-state index contributed by atoms with van der Waals surface area (Å²) in [5, 5.41) is 6.75. The molecule has 0 spiro atoms. The standard InChI is InChI=1S/C17H16FN3O2S/c18-12-5-7-13(8-6-12)23-11-16(22)19-9-10-20-17-21-14-3-1-2-4-15(14)24-17/h1-8H,9-11H2,(H,19,22)(H,20,21). The molecule has 0 fully saturated rings. The summed E-state index contributed by atoms with van der Waals surface area (Å²) in [5.41, 5.74) is 0.960. The number of ether oxygens (including phenoxy) is 1. The number of hydrogen-bond donors (Lipinski definition) is 2. The Labute approximate surface area is 142 Å². The predicted octanol–water partition coefficient (Wildman–Crippen LogP) is 3.04. The largest absolute Gasteiger partial charge is 0.484 e. The van der Waals surface area contributed by atoms with E-state index in [0.717, 1.165) is 15.3 Å². The SMILES string of the molecule is O=C(COc1ccc(F)cc1)NCCNc1nc2ccccc2s1. The molecule has 0 aliphatic carbocycles. The Kier molecular flexibility index (Phi) is 5.22. The molecule has 0 unspecified atom stereocenters. The van der Waals surface area contributed by atoms with Crippen molar-refractivity contribution in [3.8, 4) is 5.75 Å². The molecule has 0 saturated heterocycles. The Bertz CT molecular complexity index is 787. The van der Waals surface area contributed by atoms with E-state index in [1.54, 1.807) is 11.3 Å². The first-order chi connectivity index (χ1) is 11.7. The lowest BCUT2D eigenvalue weighted by molar-refractivity contribution is -0.123. The van der Waals surface area contributed by atoms with Crippen LogP contribution in [0.5, 0.6) is 5.75 Å². The molecule has 7 heteroatoms. The summed E-state index contributed by atoms with van der Waals surface area (Å²) in [7, 11) is 0. The molecule has 0 atom stereocenters. The van der Waals surface area contributed by atoms with Gasteiger partial charge in [0, 0.05) is 13.1 Å². The van der Waals surface area contributed by atoms with Crippen LogP contribution in [0.1, 0.15) is 0 Å².